The molecule has 0 fully saturated rings. The maximum absolute atomic E-state index is 12.0. The number of nitrogens with zero attached hydrogens (tertiary/aromatic N) is 1. The molecular formula is C14H14N2O4. The summed E-state index contributed by atoms with van der Waals surface area (Å²) in [4.78, 5) is 40.2. The molecule has 1 heterocycles. The number of rotatable bonds is 4. The number of hydrogen-bond acceptors (Lipinski definition) is 5. The van der Waals surface area contributed by atoms with Gasteiger partial charge in [-0.25, -0.2) is 4.79 Å². The van der Waals surface area contributed by atoms with Crippen LogP contribution in [-0.2, 0) is 14.4 Å². The van der Waals surface area contributed by atoms with Crippen LogP contribution in [0, 0.1) is 0 Å². The first-order valence-electron chi connectivity index (χ1n) is 6.19. The first-order chi connectivity index (χ1) is 9.49. The van der Waals surface area contributed by atoms with Crippen LogP contribution in [0.25, 0.3) is 0 Å². The second-order valence-electron chi connectivity index (χ2n) is 4.54. The zero-order chi connectivity index (χ0) is 14.8. The summed E-state index contributed by atoms with van der Waals surface area (Å²) in [6.45, 7) is 3.26. The molecular weight excluding hydrogens is 260 g/mol. The zero-order valence-electron chi connectivity index (χ0n) is 11.2. The Hall–Kier alpha value is -2.50. The van der Waals surface area contributed by atoms with Gasteiger partial charge in [-0.3, -0.25) is 9.59 Å². The van der Waals surface area contributed by atoms with Gasteiger partial charge in [-0.05, 0) is 13.3 Å². The van der Waals surface area contributed by atoms with Crippen molar-refractivity contribution in [3.05, 3.63) is 35.9 Å². The summed E-state index contributed by atoms with van der Waals surface area (Å²) in [5.41, 5.74) is -0.734. The van der Waals surface area contributed by atoms with Gasteiger partial charge < -0.3 is 10.2 Å². The molecule has 1 aliphatic heterocycles. The van der Waals surface area contributed by atoms with Gasteiger partial charge in [-0.15, -0.1) is 0 Å². The number of carbonyl (C=O) groups excluding carboxylic acids is 3. The number of hydrogen-bond donors (Lipinski definition) is 1. The van der Waals surface area contributed by atoms with E-state index in [1.54, 1.807) is 25.1 Å². The van der Waals surface area contributed by atoms with Crippen LogP contribution >= 0.6 is 0 Å². The van der Waals surface area contributed by atoms with E-state index in [1.807, 2.05) is 0 Å². The summed E-state index contributed by atoms with van der Waals surface area (Å²) in [6, 6.07) is 8.13. The van der Waals surface area contributed by atoms with Crippen molar-refractivity contribution in [2.45, 2.75) is 25.8 Å². The Morgan fingerprint density at radius 1 is 1.30 bits per heavy atom. The fraction of sp³-hybridized carbons (Fsp3) is 0.286. The van der Waals surface area contributed by atoms with E-state index in [4.69, 9.17) is 0 Å². The number of Topliss-reactive ketones (excluding diaryl/α,β-unsaturated/α-hetero) is 1. The third-order valence-corrected chi connectivity index (χ3v) is 3.16. The third-order valence-electron chi connectivity index (χ3n) is 3.16. The molecule has 2 rings (SSSR count). The second-order valence-corrected chi connectivity index (χ2v) is 4.54. The van der Waals surface area contributed by atoms with Crippen LogP contribution in [0.15, 0.2) is 35.5 Å². The van der Waals surface area contributed by atoms with Crippen molar-refractivity contribution in [2.75, 3.05) is 0 Å². The number of benzene rings is 1. The van der Waals surface area contributed by atoms with E-state index in [1.165, 1.54) is 19.1 Å². The average molecular weight is 274 g/mol. The molecule has 0 aliphatic carbocycles. The minimum Gasteiger partial charge on any atom is -0.329 e. The third kappa shape index (κ3) is 2.32. The Balaban J connectivity index is 2.18. The van der Waals surface area contributed by atoms with E-state index in [9.17, 15) is 14.4 Å². The highest BCUT2D eigenvalue weighted by Gasteiger charge is 2.47. The Kier molecular flexibility index (Phi) is 3.65. The van der Waals surface area contributed by atoms with Gasteiger partial charge in [-0.1, -0.05) is 42.4 Å². The van der Waals surface area contributed by atoms with Gasteiger partial charge in [0.1, 0.15) is 0 Å². The summed E-state index contributed by atoms with van der Waals surface area (Å²) in [5, 5.41) is 6.03. The highest BCUT2D eigenvalue weighted by Crippen LogP contribution is 2.19. The fourth-order valence-corrected chi connectivity index (χ4v) is 1.94. The summed E-state index contributed by atoms with van der Waals surface area (Å²) < 4.78 is 0. The first kappa shape index (κ1) is 13.9. The highest BCUT2D eigenvalue weighted by atomic mass is 16.7. The van der Waals surface area contributed by atoms with Crippen molar-refractivity contribution >= 4 is 23.4 Å². The largest absolute Gasteiger partial charge is 0.365 e. The van der Waals surface area contributed by atoms with E-state index >= 15 is 0 Å². The lowest BCUT2D eigenvalue weighted by molar-refractivity contribution is -0.146. The van der Waals surface area contributed by atoms with Crippen molar-refractivity contribution in [1.82, 2.24) is 5.32 Å². The molecule has 1 amide bonds. The van der Waals surface area contributed by atoms with Gasteiger partial charge in [0.15, 0.2) is 5.54 Å². The first-order valence-corrected chi connectivity index (χ1v) is 6.19. The Morgan fingerprint density at radius 2 is 1.95 bits per heavy atom. The molecule has 20 heavy (non-hydrogen) atoms. The van der Waals surface area contributed by atoms with Crippen molar-refractivity contribution in [1.29, 1.82) is 0 Å². The Labute approximate surface area is 115 Å². The quantitative estimate of drug-likeness (QED) is 0.505. The number of carbonyl (C=O) groups is 3. The van der Waals surface area contributed by atoms with Crippen LogP contribution in [-0.4, -0.2) is 28.9 Å². The fourth-order valence-electron chi connectivity index (χ4n) is 1.94. The maximum atomic E-state index is 12.0. The second kappa shape index (κ2) is 5.24. The molecule has 1 aromatic rings. The van der Waals surface area contributed by atoms with E-state index in [2.05, 4.69) is 15.3 Å². The van der Waals surface area contributed by atoms with Gasteiger partial charge in [0.05, 0.1) is 5.71 Å². The summed E-state index contributed by atoms with van der Waals surface area (Å²) in [5.74, 6) is -2.26. The highest BCUT2D eigenvalue weighted by molar-refractivity contribution is 6.43. The summed E-state index contributed by atoms with van der Waals surface area (Å²) in [6.07, 6.45) is 0.433. The summed E-state index contributed by atoms with van der Waals surface area (Å²) in [7, 11) is 0. The van der Waals surface area contributed by atoms with Gasteiger partial charge >= 0.3 is 5.97 Å². The molecule has 1 unspecified atom stereocenters. The van der Waals surface area contributed by atoms with Crippen molar-refractivity contribution in [2.24, 2.45) is 5.16 Å². The predicted octanol–water partition coefficient (Wildman–Crippen LogP) is 1.07. The molecule has 0 spiro atoms. The van der Waals surface area contributed by atoms with Crippen LogP contribution in [0.3, 0.4) is 0 Å². The predicted molar refractivity (Wildman–Crippen MR) is 71.1 cm³/mol. The Morgan fingerprint density at radius 3 is 2.55 bits per heavy atom. The van der Waals surface area contributed by atoms with Crippen LogP contribution < -0.4 is 5.32 Å². The maximum Gasteiger partial charge on any atom is 0.365 e. The SMILES string of the molecule is CCC1=NOC(=O)C1(C)NC(=O)C(=O)c1ccccc1. The van der Waals surface area contributed by atoms with Crippen LogP contribution in [0.5, 0.6) is 0 Å². The molecule has 0 saturated heterocycles. The smallest absolute Gasteiger partial charge is 0.329 e. The molecule has 0 radical (unpaired) electrons. The number of ketones is 1. The van der Waals surface area contributed by atoms with Crippen molar-refractivity contribution < 1.29 is 19.2 Å². The molecule has 0 bridgehead atoms. The van der Waals surface area contributed by atoms with E-state index in [0.717, 1.165) is 0 Å². The van der Waals surface area contributed by atoms with E-state index < -0.39 is 23.2 Å². The average Bonchev–Trinajstić information content (AvgIpc) is 2.74. The zero-order valence-corrected chi connectivity index (χ0v) is 11.2. The van der Waals surface area contributed by atoms with Crippen LogP contribution in [0.4, 0.5) is 0 Å². The molecule has 1 aliphatic rings. The molecule has 104 valence electrons. The van der Waals surface area contributed by atoms with Gasteiger partial charge in [-0.2, -0.15) is 0 Å². The molecule has 0 saturated carbocycles. The molecule has 6 nitrogen and oxygen atoms in total. The van der Waals surface area contributed by atoms with Gasteiger partial charge in [0.25, 0.3) is 5.91 Å². The van der Waals surface area contributed by atoms with Crippen LogP contribution in [0.2, 0.25) is 0 Å². The number of oxime groups is 1. The molecule has 1 atom stereocenters. The molecule has 6 heteroatoms. The Bertz CT molecular complexity index is 594. The van der Waals surface area contributed by atoms with Crippen molar-refractivity contribution in [3.63, 3.8) is 0 Å². The number of nitrogens with one attached hydrogen (secondary N) is 1. The van der Waals surface area contributed by atoms with Gasteiger partial charge in [0, 0.05) is 5.56 Å². The summed E-state index contributed by atoms with van der Waals surface area (Å²) >= 11 is 0. The minimum absolute atomic E-state index is 0.259. The lowest BCUT2D eigenvalue weighted by Gasteiger charge is -2.21. The van der Waals surface area contributed by atoms with E-state index in [0.29, 0.717) is 12.1 Å². The normalized spacial score (nSPS) is 21.1. The van der Waals surface area contributed by atoms with Crippen molar-refractivity contribution in [3.8, 4) is 0 Å². The minimum atomic E-state index is -1.38. The standard InChI is InChI=1S/C14H14N2O4/c1-3-10-14(2,13(19)20-16-10)15-12(18)11(17)9-7-5-4-6-8-9/h4-8H,3H2,1-2H3,(H,15,18). The van der Waals surface area contributed by atoms with Gasteiger partial charge in [0.2, 0.25) is 5.78 Å². The molecule has 0 aromatic heterocycles. The number of amides is 1. The van der Waals surface area contributed by atoms with E-state index in [-0.39, 0.29) is 5.56 Å². The lowest BCUT2D eigenvalue weighted by atomic mass is 9.94. The lowest BCUT2D eigenvalue weighted by Crippen LogP contribution is -2.57. The topological polar surface area (TPSA) is 84.8 Å². The van der Waals surface area contributed by atoms with Crippen LogP contribution in [0.1, 0.15) is 30.6 Å². The molecule has 1 aromatic carbocycles. The monoisotopic (exact) mass is 274 g/mol. The molecule has 1 N–H and O–H groups in total.